The lowest BCUT2D eigenvalue weighted by molar-refractivity contribution is -0.0510. The molecule has 3 atom stereocenters. The fourth-order valence-electron chi connectivity index (χ4n) is 3.43. The fourth-order valence-corrected chi connectivity index (χ4v) is 3.43. The Morgan fingerprint density at radius 1 is 0.929 bits per heavy atom. The van der Waals surface area contributed by atoms with Gasteiger partial charge in [0.15, 0.2) is 0 Å². The second-order valence-electron chi connectivity index (χ2n) is 6.11. The Kier molecular flexibility index (Phi) is 2.63. The molecule has 0 aromatic heterocycles. The second kappa shape index (κ2) is 3.52. The van der Waals surface area contributed by atoms with E-state index < -0.39 is 0 Å². The highest BCUT2D eigenvalue weighted by Crippen LogP contribution is 2.49. The van der Waals surface area contributed by atoms with E-state index in [9.17, 15) is 5.11 Å². The fraction of sp³-hybridized carbons (Fsp3) is 1.00. The predicted octanol–water partition coefficient (Wildman–Crippen LogP) is 3.22. The van der Waals surface area contributed by atoms with Crippen molar-refractivity contribution >= 4 is 0 Å². The van der Waals surface area contributed by atoms with E-state index in [1.807, 2.05) is 0 Å². The normalized spacial score (nSPS) is 43.3. The minimum atomic E-state index is -0.358. The molecule has 1 heteroatoms. The first kappa shape index (κ1) is 10.5. The van der Waals surface area contributed by atoms with Crippen molar-refractivity contribution in [1.29, 1.82) is 0 Å². The smallest absolute Gasteiger partial charge is 0.0676 e. The van der Waals surface area contributed by atoms with Crippen LogP contribution >= 0.6 is 0 Å². The molecule has 0 radical (unpaired) electrons. The number of hydrogen-bond acceptors (Lipinski definition) is 1. The van der Waals surface area contributed by atoms with Crippen molar-refractivity contribution in [3.63, 3.8) is 0 Å². The number of aliphatic hydroxyl groups is 1. The van der Waals surface area contributed by atoms with Crippen molar-refractivity contribution in [2.75, 3.05) is 0 Å². The van der Waals surface area contributed by atoms with E-state index in [-0.39, 0.29) is 5.60 Å². The zero-order valence-electron chi connectivity index (χ0n) is 9.79. The third kappa shape index (κ3) is 1.98. The summed E-state index contributed by atoms with van der Waals surface area (Å²) in [6, 6.07) is 0. The Bertz CT molecular complexity index is 195. The van der Waals surface area contributed by atoms with Crippen LogP contribution in [0.3, 0.4) is 0 Å². The van der Waals surface area contributed by atoms with Gasteiger partial charge in [-0.15, -0.1) is 0 Å². The Hall–Kier alpha value is -0.0400. The maximum atomic E-state index is 10.5. The lowest BCUT2D eigenvalue weighted by Gasteiger charge is -2.40. The average Bonchev–Trinajstić information content (AvgIpc) is 2.83. The summed E-state index contributed by atoms with van der Waals surface area (Å²) >= 11 is 0. The van der Waals surface area contributed by atoms with Gasteiger partial charge < -0.3 is 5.11 Å². The number of hydrogen-bond donors (Lipinski definition) is 1. The molecule has 2 aliphatic rings. The highest BCUT2D eigenvalue weighted by atomic mass is 16.3. The molecule has 0 heterocycles. The van der Waals surface area contributed by atoms with E-state index in [1.54, 1.807) is 0 Å². The first-order chi connectivity index (χ1) is 6.50. The van der Waals surface area contributed by atoms with Crippen molar-refractivity contribution in [3.8, 4) is 0 Å². The quantitative estimate of drug-likeness (QED) is 0.719. The first-order valence-corrected chi connectivity index (χ1v) is 6.22. The van der Waals surface area contributed by atoms with E-state index in [4.69, 9.17) is 0 Å². The minimum Gasteiger partial charge on any atom is -0.390 e. The molecule has 0 aliphatic heterocycles. The van der Waals surface area contributed by atoms with E-state index in [2.05, 4.69) is 20.8 Å². The summed E-state index contributed by atoms with van der Waals surface area (Å²) in [6.45, 7) is 6.76. The predicted molar refractivity (Wildman–Crippen MR) is 59.0 cm³/mol. The lowest BCUT2D eigenvalue weighted by Crippen LogP contribution is -2.41. The summed E-state index contributed by atoms with van der Waals surface area (Å²) in [4.78, 5) is 0. The zero-order valence-corrected chi connectivity index (χ0v) is 9.79. The molecule has 2 fully saturated rings. The molecule has 2 saturated carbocycles. The molecule has 82 valence electrons. The van der Waals surface area contributed by atoms with Crippen LogP contribution in [-0.2, 0) is 0 Å². The van der Waals surface area contributed by atoms with Gasteiger partial charge in [-0.2, -0.15) is 0 Å². The monoisotopic (exact) mass is 196 g/mol. The van der Waals surface area contributed by atoms with Crippen LogP contribution in [0, 0.1) is 23.7 Å². The Balaban J connectivity index is 2.01. The Labute approximate surface area is 87.9 Å². The van der Waals surface area contributed by atoms with Crippen molar-refractivity contribution in [1.82, 2.24) is 0 Å². The molecule has 3 unspecified atom stereocenters. The zero-order chi connectivity index (χ0) is 10.3. The summed E-state index contributed by atoms with van der Waals surface area (Å²) in [5.74, 6) is 2.81. The molecule has 1 nitrogen and oxygen atoms in total. The van der Waals surface area contributed by atoms with Crippen LogP contribution in [0.5, 0.6) is 0 Å². The third-order valence-electron chi connectivity index (χ3n) is 4.41. The van der Waals surface area contributed by atoms with Gasteiger partial charge in [-0.3, -0.25) is 0 Å². The van der Waals surface area contributed by atoms with Crippen molar-refractivity contribution in [2.45, 2.75) is 58.5 Å². The van der Waals surface area contributed by atoms with Crippen LogP contribution in [0.4, 0.5) is 0 Å². The van der Waals surface area contributed by atoms with Crippen LogP contribution in [0.2, 0.25) is 0 Å². The maximum absolute atomic E-state index is 10.5. The van der Waals surface area contributed by atoms with Crippen LogP contribution < -0.4 is 0 Å². The molecule has 14 heavy (non-hydrogen) atoms. The van der Waals surface area contributed by atoms with Crippen LogP contribution in [0.15, 0.2) is 0 Å². The Morgan fingerprint density at radius 3 is 1.86 bits per heavy atom. The highest BCUT2D eigenvalue weighted by Gasteiger charge is 2.46. The van der Waals surface area contributed by atoms with Gasteiger partial charge in [0.1, 0.15) is 0 Å². The molecule has 0 aromatic carbocycles. The topological polar surface area (TPSA) is 20.2 Å². The summed E-state index contributed by atoms with van der Waals surface area (Å²) in [6.07, 6.45) is 6.36. The van der Waals surface area contributed by atoms with Crippen LogP contribution in [0.1, 0.15) is 52.9 Å². The first-order valence-electron chi connectivity index (χ1n) is 6.22. The van der Waals surface area contributed by atoms with Crippen LogP contribution in [0.25, 0.3) is 0 Å². The molecule has 2 aliphatic carbocycles. The van der Waals surface area contributed by atoms with Gasteiger partial charge >= 0.3 is 0 Å². The van der Waals surface area contributed by atoms with Crippen LogP contribution in [-0.4, -0.2) is 10.7 Å². The molecular weight excluding hydrogens is 172 g/mol. The van der Waals surface area contributed by atoms with E-state index in [0.717, 1.165) is 11.8 Å². The molecular formula is C13H24O. The molecule has 0 amide bonds. The summed E-state index contributed by atoms with van der Waals surface area (Å²) in [5.41, 5.74) is -0.358. The van der Waals surface area contributed by atoms with Gasteiger partial charge in [0.25, 0.3) is 0 Å². The van der Waals surface area contributed by atoms with Gasteiger partial charge in [0, 0.05) is 0 Å². The lowest BCUT2D eigenvalue weighted by atomic mass is 9.68. The summed E-state index contributed by atoms with van der Waals surface area (Å²) in [7, 11) is 0. The van der Waals surface area contributed by atoms with Gasteiger partial charge in [0.2, 0.25) is 0 Å². The van der Waals surface area contributed by atoms with E-state index in [0.29, 0.717) is 11.8 Å². The summed E-state index contributed by atoms with van der Waals surface area (Å²) in [5, 5.41) is 10.5. The van der Waals surface area contributed by atoms with E-state index >= 15 is 0 Å². The van der Waals surface area contributed by atoms with Gasteiger partial charge in [0.05, 0.1) is 5.60 Å². The highest BCUT2D eigenvalue weighted by molar-refractivity contribution is 4.97. The molecule has 1 N–H and O–H groups in total. The maximum Gasteiger partial charge on any atom is 0.0676 e. The molecule has 0 spiro atoms. The third-order valence-corrected chi connectivity index (χ3v) is 4.41. The molecule has 2 rings (SSSR count). The average molecular weight is 196 g/mol. The van der Waals surface area contributed by atoms with E-state index in [1.165, 1.54) is 32.1 Å². The second-order valence-corrected chi connectivity index (χ2v) is 6.11. The van der Waals surface area contributed by atoms with Gasteiger partial charge in [-0.05, 0) is 62.7 Å². The molecule has 0 bridgehead atoms. The largest absolute Gasteiger partial charge is 0.390 e. The number of rotatable bonds is 2. The van der Waals surface area contributed by atoms with Crippen molar-refractivity contribution in [3.05, 3.63) is 0 Å². The van der Waals surface area contributed by atoms with Crippen molar-refractivity contribution < 1.29 is 5.11 Å². The molecule has 0 saturated heterocycles. The minimum absolute atomic E-state index is 0.358. The van der Waals surface area contributed by atoms with Crippen molar-refractivity contribution in [2.24, 2.45) is 23.7 Å². The summed E-state index contributed by atoms with van der Waals surface area (Å²) < 4.78 is 0. The standard InChI is InChI=1S/C13H24O/c1-9-6-10(2)8-12(7-9)13(3,14)11-4-5-11/h9-12,14H,4-8H2,1-3H3. The van der Waals surface area contributed by atoms with Gasteiger partial charge in [-0.25, -0.2) is 0 Å². The SMILES string of the molecule is CC1CC(C)CC(C(C)(O)C2CC2)C1. The van der Waals surface area contributed by atoms with Gasteiger partial charge in [-0.1, -0.05) is 13.8 Å². The Morgan fingerprint density at radius 2 is 1.43 bits per heavy atom. The molecule has 0 aromatic rings.